The Balaban J connectivity index is 1.63. The summed E-state index contributed by atoms with van der Waals surface area (Å²) in [6.45, 7) is 4.83. The second-order valence-corrected chi connectivity index (χ2v) is 9.55. The number of carbonyl (C=O) groups is 1. The van der Waals surface area contributed by atoms with Crippen LogP contribution >= 0.6 is 0 Å². The van der Waals surface area contributed by atoms with Gasteiger partial charge in [-0.25, -0.2) is 0 Å². The first kappa shape index (κ1) is 16.1. The van der Waals surface area contributed by atoms with Gasteiger partial charge in [0.1, 0.15) is 5.78 Å². The Morgan fingerprint density at radius 3 is 2.70 bits per heavy atom. The predicted octanol–water partition coefficient (Wildman–Crippen LogP) is 3.58. The fourth-order valence-corrected chi connectivity index (χ4v) is 7.27. The average Bonchev–Trinajstić information content (AvgIpc) is 2.81. The van der Waals surface area contributed by atoms with E-state index in [1.807, 2.05) is 0 Å². The lowest BCUT2D eigenvalue weighted by Crippen LogP contribution is -2.56. The van der Waals surface area contributed by atoms with Gasteiger partial charge in [-0.3, -0.25) is 4.79 Å². The number of aliphatic hydroxyl groups is 1. The van der Waals surface area contributed by atoms with Gasteiger partial charge in [0.2, 0.25) is 0 Å². The minimum absolute atomic E-state index is 0.00600. The summed E-state index contributed by atoms with van der Waals surface area (Å²) in [5, 5.41) is 10.4. The highest BCUT2D eigenvalue weighted by Gasteiger charge is 2.60. The molecule has 1 N–H and O–H groups in total. The maximum Gasteiger partial charge on any atom is 0.133 e. The molecule has 0 aliphatic heterocycles. The topological polar surface area (TPSA) is 46.5 Å². The van der Waals surface area contributed by atoms with Crippen molar-refractivity contribution in [2.45, 2.75) is 77.4 Å². The highest BCUT2D eigenvalue weighted by atomic mass is 16.5. The van der Waals surface area contributed by atoms with Crippen LogP contribution in [0.5, 0.6) is 0 Å². The molecule has 8 atom stereocenters. The van der Waals surface area contributed by atoms with Crippen molar-refractivity contribution >= 4 is 5.78 Å². The monoisotopic (exact) mass is 320 g/mol. The molecular formula is C20H32O3. The van der Waals surface area contributed by atoms with Gasteiger partial charge in [0.25, 0.3) is 0 Å². The van der Waals surface area contributed by atoms with Crippen LogP contribution in [-0.4, -0.2) is 30.2 Å². The third-order valence-electron chi connectivity index (χ3n) is 8.53. The summed E-state index contributed by atoms with van der Waals surface area (Å²) in [5.41, 5.74) is 0.562. The van der Waals surface area contributed by atoms with Crippen LogP contribution in [0.1, 0.15) is 65.2 Å². The number of rotatable bonds is 1. The largest absolute Gasteiger partial charge is 0.390 e. The van der Waals surface area contributed by atoms with Crippen LogP contribution in [0.25, 0.3) is 0 Å². The van der Waals surface area contributed by atoms with E-state index in [4.69, 9.17) is 4.74 Å². The van der Waals surface area contributed by atoms with Crippen molar-refractivity contribution in [3.8, 4) is 0 Å². The van der Waals surface area contributed by atoms with Crippen LogP contribution in [0.2, 0.25) is 0 Å². The van der Waals surface area contributed by atoms with Crippen molar-refractivity contribution in [2.75, 3.05) is 7.11 Å². The Kier molecular flexibility index (Phi) is 3.70. The van der Waals surface area contributed by atoms with Crippen LogP contribution in [0.3, 0.4) is 0 Å². The second kappa shape index (κ2) is 5.29. The zero-order chi connectivity index (χ0) is 16.4. The summed E-state index contributed by atoms with van der Waals surface area (Å²) in [6, 6.07) is 0. The first-order chi connectivity index (χ1) is 10.9. The summed E-state index contributed by atoms with van der Waals surface area (Å²) < 4.78 is 5.62. The van der Waals surface area contributed by atoms with Crippen molar-refractivity contribution in [1.29, 1.82) is 0 Å². The molecule has 4 fully saturated rings. The predicted molar refractivity (Wildman–Crippen MR) is 88.9 cm³/mol. The number of aliphatic hydroxyl groups excluding tert-OH is 1. The first-order valence-corrected chi connectivity index (χ1v) is 9.60. The molecule has 3 heteroatoms. The molecule has 4 saturated carbocycles. The second-order valence-electron chi connectivity index (χ2n) is 9.55. The number of hydrogen-bond acceptors (Lipinski definition) is 3. The highest BCUT2D eigenvalue weighted by Crippen LogP contribution is 2.65. The van der Waals surface area contributed by atoms with Gasteiger partial charge in [-0.05, 0) is 73.0 Å². The lowest BCUT2D eigenvalue weighted by Gasteiger charge is -2.61. The van der Waals surface area contributed by atoms with Crippen LogP contribution in [0.4, 0.5) is 0 Å². The first-order valence-electron chi connectivity index (χ1n) is 9.60. The summed E-state index contributed by atoms with van der Waals surface area (Å²) in [7, 11) is 1.74. The molecule has 4 aliphatic carbocycles. The molecule has 0 aromatic rings. The molecule has 0 heterocycles. The van der Waals surface area contributed by atoms with Gasteiger partial charge in [-0.2, -0.15) is 0 Å². The molecule has 0 bridgehead atoms. The smallest absolute Gasteiger partial charge is 0.133 e. The Hall–Kier alpha value is -0.410. The number of ketones is 1. The van der Waals surface area contributed by atoms with Crippen molar-refractivity contribution in [3.05, 3.63) is 0 Å². The number of fused-ring (bicyclic) bond motifs is 5. The zero-order valence-electron chi connectivity index (χ0n) is 14.9. The van der Waals surface area contributed by atoms with Crippen LogP contribution in [0.15, 0.2) is 0 Å². The van der Waals surface area contributed by atoms with Gasteiger partial charge in [-0.1, -0.05) is 13.8 Å². The normalized spacial score (nSPS) is 55.9. The molecule has 0 unspecified atom stereocenters. The van der Waals surface area contributed by atoms with E-state index in [9.17, 15) is 9.90 Å². The van der Waals surface area contributed by atoms with Gasteiger partial charge in [0, 0.05) is 20.0 Å². The Morgan fingerprint density at radius 1 is 1.17 bits per heavy atom. The lowest BCUT2D eigenvalue weighted by molar-refractivity contribution is -0.163. The third kappa shape index (κ3) is 2.26. The number of ether oxygens (including phenoxy) is 1. The van der Waals surface area contributed by atoms with E-state index in [1.165, 1.54) is 25.7 Å². The highest BCUT2D eigenvalue weighted by molar-refractivity contribution is 5.82. The molecule has 130 valence electrons. The summed E-state index contributed by atoms with van der Waals surface area (Å²) in [5.74, 6) is 3.18. The number of Topliss-reactive ketones (excluding diaryl/α,β-unsaturated/α-hetero) is 1. The van der Waals surface area contributed by atoms with Crippen LogP contribution in [0, 0.1) is 34.5 Å². The number of carbonyl (C=O) groups excluding carboxylic acids is 1. The minimum Gasteiger partial charge on any atom is -0.390 e. The van der Waals surface area contributed by atoms with E-state index in [-0.39, 0.29) is 23.0 Å². The molecule has 23 heavy (non-hydrogen) atoms. The molecule has 4 rings (SSSR count). The molecule has 4 aliphatic rings. The fraction of sp³-hybridized carbons (Fsp3) is 0.950. The molecule has 3 nitrogen and oxygen atoms in total. The minimum atomic E-state index is -0.295. The molecule has 0 radical (unpaired) electrons. The van der Waals surface area contributed by atoms with E-state index >= 15 is 0 Å². The van der Waals surface area contributed by atoms with E-state index < -0.39 is 0 Å². The lowest BCUT2D eigenvalue weighted by atomic mass is 9.45. The Bertz CT molecular complexity index is 503. The Morgan fingerprint density at radius 2 is 1.96 bits per heavy atom. The molecule has 0 aromatic carbocycles. The van der Waals surface area contributed by atoms with E-state index in [0.29, 0.717) is 23.5 Å². The van der Waals surface area contributed by atoms with Crippen LogP contribution in [-0.2, 0) is 9.53 Å². The molecule has 0 saturated heterocycles. The quantitative estimate of drug-likeness (QED) is 0.803. The molecule has 0 aromatic heterocycles. The van der Waals surface area contributed by atoms with Crippen molar-refractivity contribution in [2.24, 2.45) is 34.5 Å². The van der Waals surface area contributed by atoms with Crippen molar-refractivity contribution < 1.29 is 14.6 Å². The summed E-state index contributed by atoms with van der Waals surface area (Å²) in [4.78, 5) is 12.1. The molecular weight excluding hydrogens is 288 g/mol. The maximum absolute atomic E-state index is 12.1. The summed E-state index contributed by atoms with van der Waals surface area (Å²) >= 11 is 0. The standard InChI is InChI=1S/C20H32O3/c1-19-7-6-15-14(16(19)9-13(21)10-19)5-4-12-8-17(22)18(23-3)11-20(12,15)2/h12,14-18,22H,4-11H2,1-3H3/t12-,14-,15+,16+,17-,18-,19+,20-/m1/s1. The van der Waals surface area contributed by atoms with Gasteiger partial charge in [0.05, 0.1) is 12.2 Å². The van der Waals surface area contributed by atoms with Crippen LogP contribution < -0.4 is 0 Å². The fourth-order valence-electron chi connectivity index (χ4n) is 7.27. The summed E-state index contributed by atoms with van der Waals surface area (Å²) in [6.07, 6.45) is 8.22. The number of hydrogen-bond donors (Lipinski definition) is 1. The van der Waals surface area contributed by atoms with E-state index in [2.05, 4.69) is 13.8 Å². The third-order valence-corrected chi connectivity index (χ3v) is 8.53. The zero-order valence-corrected chi connectivity index (χ0v) is 14.9. The van der Waals surface area contributed by atoms with E-state index in [1.54, 1.807) is 7.11 Å². The Labute approximate surface area is 140 Å². The van der Waals surface area contributed by atoms with Gasteiger partial charge >= 0.3 is 0 Å². The SMILES string of the molecule is CO[C@@H]1C[C@]2(C)[C@H](CC[C@H]3[C@@H]4CC(=O)C[C@]4(C)CC[C@@H]32)C[C@H]1O. The molecule has 0 amide bonds. The van der Waals surface area contributed by atoms with Gasteiger partial charge in [0.15, 0.2) is 0 Å². The molecule has 0 spiro atoms. The maximum atomic E-state index is 12.1. The van der Waals surface area contributed by atoms with E-state index in [0.717, 1.165) is 31.6 Å². The van der Waals surface area contributed by atoms with Gasteiger partial charge < -0.3 is 9.84 Å². The van der Waals surface area contributed by atoms with Crippen molar-refractivity contribution in [3.63, 3.8) is 0 Å². The average molecular weight is 320 g/mol. The van der Waals surface area contributed by atoms with Crippen molar-refractivity contribution in [1.82, 2.24) is 0 Å². The van der Waals surface area contributed by atoms with Gasteiger partial charge in [-0.15, -0.1) is 0 Å². The number of methoxy groups -OCH3 is 1.